The van der Waals surface area contributed by atoms with Gasteiger partial charge in [0, 0.05) is 30.1 Å². The molecule has 0 aliphatic carbocycles. The van der Waals surface area contributed by atoms with Crippen molar-refractivity contribution >= 4 is 23.2 Å². The molecule has 1 aromatic carbocycles. The molecular formula is C19H18N4O4S. The number of amides is 1. The number of likely N-dealkylation sites (tertiary alicyclic amines) is 1. The van der Waals surface area contributed by atoms with Crippen LogP contribution in [0.25, 0.3) is 16.3 Å². The normalized spacial score (nSPS) is 19.0. The molecule has 0 spiro atoms. The molecule has 1 aliphatic rings. The van der Waals surface area contributed by atoms with Crippen LogP contribution in [0.5, 0.6) is 0 Å². The largest absolute Gasteiger partial charge is 0.467 e. The minimum atomic E-state index is -0.793. The molecule has 28 heavy (non-hydrogen) atoms. The summed E-state index contributed by atoms with van der Waals surface area (Å²) in [6, 6.07) is 8.89. The van der Waals surface area contributed by atoms with Crippen molar-refractivity contribution in [2.75, 3.05) is 13.7 Å². The van der Waals surface area contributed by atoms with Gasteiger partial charge in [0.1, 0.15) is 16.7 Å². The molecule has 2 atom stereocenters. The van der Waals surface area contributed by atoms with Crippen LogP contribution >= 0.6 is 11.3 Å². The third-order valence-corrected chi connectivity index (χ3v) is 5.48. The van der Waals surface area contributed by atoms with Gasteiger partial charge in [0.15, 0.2) is 0 Å². The van der Waals surface area contributed by atoms with Crippen molar-refractivity contribution in [2.24, 2.45) is 0 Å². The molecule has 1 saturated heterocycles. The van der Waals surface area contributed by atoms with E-state index in [1.54, 1.807) is 16.3 Å². The summed E-state index contributed by atoms with van der Waals surface area (Å²) in [5.74, 6) is -0.936. The molecule has 1 amide bonds. The predicted molar refractivity (Wildman–Crippen MR) is 102 cm³/mol. The van der Waals surface area contributed by atoms with Crippen LogP contribution in [0.3, 0.4) is 0 Å². The van der Waals surface area contributed by atoms with Crippen LogP contribution in [0, 0.1) is 0 Å². The van der Waals surface area contributed by atoms with Crippen molar-refractivity contribution in [2.45, 2.75) is 18.6 Å². The minimum Gasteiger partial charge on any atom is -0.467 e. The number of carbonyl (C=O) groups excluding carboxylic acids is 2. The number of aliphatic hydroxyl groups is 1. The molecule has 2 aromatic heterocycles. The molecule has 0 radical (unpaired) electrons. The number of thiazole rings is 1. The number of aromatic nitrogens is 3. The quantitative estimate of drug-likeness (QED) is 0.673. The molecule has 9 heteroatoms. The van der Waals surface area contributed by atoms with E-state index in [4.69, 9.17) is 4.74 Å². The molecule has 2 unspecified atom stereocenters. The van der Waals surface area contributed by atoms with Gasteiger partial charge in [-0.2, -0.15) is 5.10 Å². The fourth-order valence-corrected chi connectivity index (χ4v) is 3.97. The lowest BCUT2D eigenvalue weighted by Crippen LogP contribution is -2.41. The second kappa shape index (κ2) is 7.53. The molecule has 0 bridgehead atoms. The van der Waals surface area contributed by atoms with Gasteiger partial charge >= 0.3 is 5.97 Å². The first-order chi connectivity index (χ1) is 13.6. The molecule has 3 aromatic rings. The van der Waals surface area contributed by atoms with Crippen LogP contribution in [0.1, 0.15) is 16.9 Å². The van der Waals surface area contributed by atoms with Crippen LogP contribution in [0.15, 0.2) is 48.1 Å². The number of carbonyl (C=O) groups is 2. The van der Waals surface area contributed by atoms with E-state index in [1.165, 1.54) is 23.3 Å². The van der Waals surface area contributed by atoms with Gasteiger partial charge in [0.25, 0.3) is 5.91 Å². The molecule has 3 heterocycles. The van der Waals surface area contributed by atoms with E-state index in [0.717, 1.165) is 11.3 Å². The van der Waals surface area contributed by atoms with E-state index in [9.17, 15) is 14.7 Å². The van der Waals surface area contributed by atoms with Gasteiger partial charge in [-0.15, -0.1) is 11.3 Å². The van der Waals surface area contributed by atoms with E-state index in [1.807, 2.05) is 36.5 Å². The smallest absolute Gasteiger partial charge is 0.328 e. The summed E-state index contributed by atoms with van der Waals surface area (Å²) < 4.78 is 6.48. The number of methoxy groups -OCH3 is 1. The highest BCUT2D eigenvalue weighted by Gasteiger charge is 2.40. The summed E-state index contributed by atoms with van der Waals surface area (Å²) in [4.78, 5) is 30.5. The third kappa shape index (κ3) is 3.41. The number of rotatable bonds is 4. The van der Waals surface area contributed by atoms with Gasteiger partial charge in [-0.3, -0.25) is 4.79 Å². The first-order valence-corrected chi connectivity index (χ1v) is 9.57. The van der Waals surface area contributed by atoms with E-state index in [2.05, 4.69) is 10.1 Å². The summed E-state index contributed by atoms with van der Waals surface area (Å²) in [7, 11) is 1.26. The van der Waals surface area contributed by atoms with Gasteiger partial charge in [-0.25, -0.2) is 14.5 Å². The summed E-state index contributed by atoms with van der Waals surface area (Å²) in [6.07, 6.45) is 2.95. The second-order valence-corrected chi connectivity index (χ2v) is 7.29. The first-order valence-electron chi connectivity index (χ1n) is 8.69. The SMILES string of the molecule is COC(=O)C1CC(O)CN1C(=O)c1csc(-c2cnn(-c3ccccc3)c2)n1. The Morgan fingerprint density at radius 1 is 1.29 bits per heavy atom. The zero-order valence-corrected chi connectivity index (χ0v) is 15.9. The number of para-hydroxylation sites is 1. The number of ether oxygens (including phenoxy) is 1. The summed E-state index contributed by atoms with van der Waals surface area (Å²) in [6.45, 7) is 0.0808. The van der Waals surface area contributed by atoms with Crippen LogP contribution in [0.2, 0.25) is 0 Å². The summed E-state index contributed by atoms with van der Waals surface area (Å²) in [5.41, 5.74) is 1.95. The number of β-amino-alcohol motifs (C(OH)–C–C–N with tert-alkyl or cyclic N) is 1. The van der Waals surface area contributed by atoms with Crippen molar-refractivity contribution in [3.63, 3.8) is 0 Å². The van der Waals surface area contributed by atoms with Crippen molar-refractivity contribution in [1.29, 1.82) is 0 Å². The maximum Gasteiger partial charge on any atom is 0.328 e. The third-order valence-electron chi connectivity index (χ3n) is 4.59. The molecule has 0 saturated carbocycles. The van der Waals surface area contributed by atoms with E-state index < -0.39 is 24.0 Å². The lowest BCUT2D eigenvalue weighted by Gasteiger charge is -2.21. The molecule has 1 fully saturated rings. The molecule has 1 N–H and O–H groups in total. The number of aliphatic hydroxyl groups excluding tert-OH is 1. The monoisotopic (exact) mass is 398 g/mol. The summed E-state index contributed by atoms with van der Waals surface area (Å²) in [5, 5.41) is 16.5. The Bertz CT molecular complexity index is 1000. The fraction of sp³-hybridized carbons (Fsp3) is 0.263. The molecule has 1 aliphatic heterocycles. The maximum absolute atomic E-state index is 12.8. The number of esters is 1. The van der Waals surface area contributed by atoms with Crippen LogP contribution in [-0.4, -0.2) is 62.4 Å². The lowest BCUT2D eigenvalue weighted by molar-refractivity contribution is -0.145. The predicted octanol–water partition coefficient (Wildman–Crippen LogP) is 1.74. The lowest BCUT2D eigenvalue weighted by atomic mass is 10.2. The zero-order chi connectivity index (χ0) is 19.7. The van der Waals surface area contributed by atoms with E-state index in [-0.39, 0.29) is 18.7 Å². The standard InChI is InChI=1S/C19H18N4O4S/c1-27-19(26)16-7-14(24)10-22(16)18(25)15-11-28-17(21-15)12-8-20-23(9-12)13-5-3-2-4-6-13/h2-6,8-9,11,14,16,24H,7,10H2,1H3. The highest BCUT2D eigenvalue weighted by Crippen LogP contribution is 2.27. The Kier molecular flexibility index (Phi) is 4.93. The van der Waals surface area contributed by atoms with E-state index >= 15 is 0 Å². The van der Waals surface area contributed by atoms with Crippen molar-refractivity contribution in [3.8, 4) is 16.3 Å². The summed E-state index contributed by atoms with van der Waals surface area (Å²) >= 11 is 1.32. The van der Waals surface area contributed by atoms with Crippen LogP contribution < -0.4 is 0 Å². The van der Waals surface area contributed by atoms with Crippen LogP contribution in [-0.2, 0) is 9.53 Å². The topological polar surface area (TPSA) is 97.5 Å². The van der Waals surface area contributed by atoms with Gasteiger partial charge in [-0.05, 0) is 12.1 Å². The molecular weight excluding hydrogens is 380 g/mol. The van der Waals surface area contributed by atoms with Gasteiger partial charge in [0.05, 0.1) is 25.1 Å². The maximum atomic E-state index is 12.8. The number of hydrogen-bond donors (Lipinski definition) is 1. The fourth-order valence-electron chi connectivity index (χ4n) is 3.20. The highest BCUT2D eigenvalue weighted by atomic mass is 32.1. The Labute approximate surface area is 165 Å². The molecule has 8 nitrogen and oxygen atoms in total. The average Bonchev–Trinajstić information content (AvgIpc) is 3.46. The Morgan fingerprint density at radius 3 is 2.82 bits per heavy atom. The van der Waals surface area contributed by atoms with Gasteiger partial charge in [0.2, 0.25) is 0 Å². The Balaban J connectivity index is 1.55. The molecule has 144 valence electrons. The Hall–Kier alpha value is -3.04. The average molecular weight is 398 g/mol. The van der Waals surface area contributed by atoms with Crippen molar-refractivity contribution < 1.29 is 19.4 Å². The van der Waals surface area contributed by atoms with Crippen molar-refractivity contribution in [3.05, 3.63) is 53.8 Å². The number of benzene rings is 1. The van der Waals surface area contributed by atoms with E-state index in [0.29, 0.717) is 5.01 Å². The zero-order valence-electron chi connectivity index (χ0n) is 15.1. The first kappa shape index (κ1) is 18.3. The van der Waals surface area contributed by atoms with Crippen LogP contribution in [0.4, 0.5) is 0 Å². The van der Waals surface area contributed by atoms with Gasteiger partial charge < -0.3 is 14.7 Å². The van der Waals surface area contributed by atoms with Gasteiger partial charge in [-0.1, -0.05) is 18.2 Å². The second-order valence-electron chi connectivity index (χ2n) is 6.43. The Morgan fingerprint density at radius 2 is 2.07 bits per heavy atom. The molecule has 4 rings (SSSR count). The highest BCUT2D eigenvalue weighted by molar-refractivity contribution is 7.13. The number of hydrogen-bond acceptors (Lipinski definition) is 7. The van der Waals surface area contributed by atoms with Crippen molar-refractivity contribution in [1.82, 2.24) is 19.7 Å². The number of nitrogens with zero attached hydrogens (tertiary/aromatic N) is 4. The minimum absolute atomic E-state index is 0.0808.